The van der Waals surface area contributed by atoms with Gasteiger partial charge in [0.15, 0.2) is 0 Å². The van der Waals surface area contributed by atoms with Gasteiger partial charge in [0.1, 0.15) is 17.9 Å². The SMILES string of the molecule is COc1ccc(C)cc1-n1cnnc1[C@@H]1CCCN(C(C)=O)C1. The molecule has 1 aromatic carbocycles. The minimum Gasteiger partial charge on any atom is -0.495 e. The summed E-state index contributed by atoms with van der Waals surface area (Å²) in [6.07, 6.45) is 3.72. The van der Waals surface area contributed by atoms with Gasteiger partial charge in [-0.15, -0.1) is 10.2 Å². The molecule has 0 radical (unpaired) electrons. The predicted molar refractivity (Wildman–Crippen MR) is 86.9 cm³/mol. The quantitative estimate of drug-likeness (QED) is 0.872. The van der Waals surface area contributed by atoms with Crippen LogP contribution in [0.25, 0.3) is 5.69 Å². The molecule has 1 saturated heterocycles. The zero-order valence-corrected chi connectivity index (χ0v) is 13.8. The van der Waals surface area contributed by atoms with Gasteiger partial charge in [-0.2, -0.15) is 0 Å². The number of benzene rings is 1. The van der Waals surface area contributed by atoms with Crippen LogP contribution in [-0.2, 0) is 4.79 Å². The molecule has 122 valence electrons. The smallest absolute Gasteiger partial charge is 0.219 e. The van der Waals surface area contributed by atoms with Crippen LogP contribution < -0.4 is 4.74 Å². The number of nitrogens with zero attached hydrogens (tertiary/aromatic N) is 4. The summed E-state index contributed by atoms with van der Waals surface area (Å²) in [5, 5.41) is 8.44. The molecule has 0 aliphatic carbocycles. The predicted octanol–water partition coefficient (Wildman–Crippen LogP) is 2.31. The first-order valence-electron chi connectivity index (χ1n) is 7.90. The molecule has 2 heterocycles. The Balaban J connectivity index is 1.97. The van der Waals surface area contributed by atoms with Crippen LogP contribution in [0.5, 0.6) is 5.75 Å². The van der Waals surface area contributed by atoms with E-state index in [9.17, 15) is 4.79 Å². The zero-order valence-electron chi connectivity index (χ0n) is 13.8. The van der Waals surface area contributed by atoms with E-state index in [1.807, 2.05) is 28.5 Å². The molecule has 0 N–H and O–H groups in total. The Hall–Kier alpha value is -2.37. The average Bonchev–Trinajstić information content (AvgIpc) is 3.04. The maximum atomic E-state index is 11.7. The number of amides is 1. The number of piperidine rings is 1. The summed E-state index contributed by atoms with van der Waals surface area (Å²) >= 11 is 0. The third-order valence-corrected chi connectivity index (χ3v) is 4.40. The first-order valence-corrected chi connectivity index (χ1v) is 7.90. The fourth-order valence-corrected chi connectivity index (χ4v) is 3.17. The van der Waals surface area contributed by atoms with Crippen molar-refractivity contribution in [3.63, 3.8) is 0 Å². The minimum atomic E-state index is 0.119. The van der Waals surface area contributed by atoms with E-state index >= 15 is 0 Å². The van der Waals surface area contributed by atoms with Gasteiger partial charge < -0.3 is 9.64 Å². The van der Waals surface area contributed by atoms with Crippen molar-refractivity contribution >= 4 is 5.91 Å². The highest BCUT2D eigenvalue weighted by atomic mass is 16.5. The molecule has 1 fully saturated rings. The summed E-state index contributed by atoms with van der Waals surface area (Å²) in [5.74, 6) is 1.99. The number of likely N-dealkylation sites (tertiary alicyclic amines) is 1. The van der Waals surface area contributed by atoms with E-state index in [1.165, 1.54) is 0 Å². The molecule has 6 nitrogen and oxygen atoms in total. The highest BCUT2D eigenvalue weighted by molar-refractivity contribution is 5.73. The van der Waals surface area contributed by atoms with Gasteiger partial charge in [-0.05, 0) is 37.5 Å². The van der Waals surface area contributed by atoms with E-state index in [4.69, 9.17) is 4.74 Å². The summed E-state index contributed by atoms with van der Waals surface area (Å²) in [7, 11) is 1.66. The molecule has 3 rings (SSSR count). The largest absolute Gasteiger partial charge is 0.495 e. The lowest BCUT2D eigenvalue weighted by Crippen LogP contribution is -2.38. The summed E-state index contributed by atoms with van der Waals surface area (Å²) in [6.45, 7) is 5.19. The second-order valence-electron chi connectivity index (χ2n) is 6.04. The molecule has 1 aromatic heterocycles. The van der Waals surface area contributed by atoms with Crippen LogP contribution in [0.3, 0.4) is 0 Å². The van der Waals surface area contributed by atoms with Crippen LogP contribution in [0.4, 0.5) is 0 Å². The van der Waals surface area contributed by atoms with Gasteiger partial charge in [0.05, 0.1) is 12.8 Å². The Morgan fingerprint density at radius 1 is 1.39 bits per heavy atom. The monoisotopic (exact) mass is 314 g/mol. The third kappa shape index (κ3) is 3.06. The fraction of sp³-hybridized carbons (Fsp3) is 0.471. The van der Waals surface area contributed by atoms with Gasteiger partial charge in [0, 0.05) is 25.9 Å². The van der Waals surface area contributed by atoms with Crippen molar-refractivity contribution in [2.45, 2.75) is 32.6 Å². The normalized spacial score (nSPS) is 18.0. The Labute approximate surface area is 136 Å². The van der Waals surface area contributed by atoms with Crippen LogP contribution in [0, 0.1) is 6.92 Å². The molecule has 1 aliphatic heterocycles. The number of aryl methyl sites for hydroxylation is 1. The van der Waals surface area contributed by atoms with Crippen LogP contribution in [0.2, 0.25) is 0 Å². The van der Waals surface area contributed by atoms with Crippen molar-refractivity contribution in [2.24, 2.45) is 0 Å². The minimum absolute atomic E-state index is 0.119. The van der Waals surface area contributed by atoms with E-state index in [0.717, 1.165) is 42.2 Å². The molecular formula is C17H22N4O2. The maximum absolute atomic E-state index is 11.7. The van der Waals surface area contributed by atoms with Crippen molar-refractivity contribution in [1.29, 1.82) is 0 Å². The lowest BCUT2D eigenvalue weighted by molar-refractivity contribution is -0.130. The van der Waals surface area contributed by atoms with Crippen molar-refractivity contribution < 1.29 is 9.53 Å². The highest BCUT2D eigenvalue weighted by Crippen LogP contribution is 2.30. The lowest BCUT2D eigenvalue weighted by Gasteiger charge is -2.31. The first kappa shape index (κ1) is 15.5. The fourth-order valence-electron chi connectivity index (χ4n) is 3.17. The standard InChI is InChI=1S/C17H22N4O2/c1-12-6-7-16(23-3)15(9-12)21-11-18-19-17(21)14-5-4-8-20(10-14)13(2)22/h6-7,9,11,14H,4-5,8,10H2,1-3H3/t14-/m1/s1. The van der Waals surface area contributed by atoms with Gasteiger partial charge in [-0.25, -0.2) is 0 Å². The van der Waals surface area contributed by atoms with Gasteiger partial charge >= 0.3 is 0 Å². The number of carbonyl (C=O) groups excluding carboxylic acids is 1. The van der Waals surface area contributed by atoms with E-state index in [1.54, 1.807) is 20.4 Å². The molecule has 23 heavy (non-hydrogen) atoms. The number of rotatable bonds is 3. The van der Waals surface area contributed by atoms with Crippen LogP contribution in [0.15, 0.2) is 24.5 Å². The molecule has 0 bridgehead atoms. The lowest BCUT2D eigenvalue weighted by atomic mass is 9.97. The third-order valence-electron chi connectivity index (χ3n) is 4.40. The maximum Gasteiger partial charge on any atom is 0.219 e. The summed E-state index contributed by atoms with van der Waals surface area (Å²) in [6, 6.07) is 6.04. The number of hydrogen-bond acceptors (Lipinski definition) is 4. The van der Waals surface area contributed by atoms with Gasteiger partial charge in [0.2, 0.25) is 5.91 Å². The van der Waals surface area contributed by atoms with Gasteiger partial charge in [0.25, 0.3) is 0 Å². The average molecular weight is 314 g/mol. The van der Waals surface area contributed by atoms with E-state index in [0.29, 0.717) is 6.54 Å². The first-order chi connectivity index (χ1) is 11.1. The Morgan fingerprint density at radius 3 is 2.96 bits per heavy atom. The molecule has 2 aromatic rings. The number of methoxy groups -OCH3 is 1. The van der Waals surface area contributed by atoms with Crippen molar-refractivity contribution in [3.8, 4) is 11.4 Å². The number of ether oxygens (including phenoxy) is 1. The molecule has 1 atom stereocenters. The molecular weight excluding hydrogens is 292 g/mol. The molecule has 1 aliphatic rings. The molecule has 0 unspecified atom stereocenters. The summed E-state index contributed by atoms with van der Waals surface area (Å²) in [5.41, 5.74) is 2.09. The van der Waals surface area contributed by atoms with Crippen molar-refractivity contribution in [3.05, 3.63) is 35.9 Å². The molecule has 6 heteroatoms. The van der Waals surface area contributed by atoms with Gasteiger partial charge in [-0.3, -0.25) is 9.36 Å². The Bertz CT molecular complexity index is 710. The summed E-state index contributed by atoms with van der Waals surface area (Å²) < 4.78 is 7.47. The summed E-state index contributed by atoms with van der Waals surface area (Å²) in [4.78, 5) is 13.6. The zero-order chi connectivity index (χ0) is 16.4. The van der Waals surface area contributed by atoms with E-state index in [-0.39, 0.29) is 11.8 Å². The topological polar surface area (TPSA) is 60.2 Å². The van der Waals surface area contributed by atoms with Gasteiger partial charge in [-0.1, -0.05) is 6.07 Å². The van der Waals surface area contributed by atoms with Crippen LogP contribution in [-0.4, -0.2) is 45.8 Å². The number of carbonyl (C=O) groups is 1. The molecule has 0 saturated carbocycles. The highest BCUT2D eigenvalue weighted by Gasteiger charge is 2.27. The van der Waals surface area contributed by atoms with E-state index in [2.05, 4.69) is 16.3 Å². The van der Waals surface area contributed by atoms with Crippen LogP contribution in [0.1, 0.15) is 37.1 Å². The second-order valence-corrected chi connectivity index (χ2v) is 6.04. The second kappa shape index (κ2) is 6.40. The molecule has 0 spiro atoms. The Kier molecular flexibility index (Phi) is 4.32. The Morgan fingerprint density at radius 2 is 2.22 bits per heavy atom. The molecule has 1 amide bonds. The van der Waals surface area contributed by atoms with E-state index < -0.39 is 0 Å². The number of aromatic nitrogens is 3. The van der Waals surface area contributed by atoms with Crippen molar-refractivity contribution in [2.75, 3.05) is 20.2 Å². The van der Waals surface area contributed by atoms with Crippen LogP contribution >= 0.6 is 0 Å². The number of hydrogen-bond donors (Lipinski definition) is 0. The van der Waals surface area contributed by atoms with Crippen molar-refractivity contribution in [1.82, 2.24) is 19.7 Å².